The molecule has 0 aliphatic carbocycles. The van der Waals surface area contributed by atoms with Gasteiger partial charge in [-0.2, -0.15) is 0 Å². The minimum atomic E-state index is -0.120. The van der Waals surface area contributed by atoms with Crippen molar-refractivity contribution in [1.29, 1.82) is 0 Å². The average Bonchev–Trinajstić information content (AvgIpc) is 2.76. The first kappa shape index (κ1) is 13.9. The number of halogens is 3. The van der Waals surface area contributed by atoms with Crippen molar-refractivity contribution in [3.63, 3.8) is 0 Å². The van der Waals surface area contributed by atoms with Gasteiger partial charge >= 0.3 is 0 Å². The summed E-state index contributed by atoms with van der Waals surface area (Å²) >= 11 is 15.7. The van der Waals surface area contributed by atoms with Crippen LogP contribution < -0.4 is 5.32 Å². The lowest BCUT2D eigenvalue weighted by Gasteiger charge is -2.18. The molecule has 2 nitrogen and oxygen atoms in total. The summed E-state index contributed by atoms with van der Waals surface area (Å²) in [7, 11) is 0. The van der Waals surface area contributed by atoms with E-state index >= 15 is 0 Å². The Hall–Kier alpha value is -0.480. The molecule has 2 aromatic rings. The molecule has 0 saturated heterocycles. The molecule has 0 aliphatic heterocycles. The molecule has 0 saturated carbocycles. The summed E-state index contributed by atoms with van der Waals surface area (Å²) in [5.74, 6) is 0.793. The van der Waals surface area contributed by atoms with Crippen molar-refractivity contribution in [3.8, 4) is 0 Å². The third-order valence-corrected chi connectivity index (χ3v) is 3.82. The molecule has 1 aromatic heterocycles. The van der Waals surface area contributed by atoms with Gasteiger partial charge in [0.05, 0.1) is 16.8 Å². The van der Waals surface area contributed by atoms with Gasteiger partial charge in [0.15, 0.2) is 0 Å². The van der Waals surface area contributed by atoms with Gasteiger partial charge in [0, 0.05) is 10.0 Å². The molecule has 0 aliphatic rings. The molecule has 1 aromatic carbocycles. The first-order valence-electron chi connectivity index (χ1n) is 5.54. The molecule has 1 unspecified atom stereocenters. The zero-order valence-corrected chi connectivity index (χ0v) is 12.8. The highest BCUT2D eigenvalue weighted by Gasteiger charge is 2.21. The normalized spacial score (nSPS) is 12.7. The summed E-state index contributed by atoms with van der Waals surface area (Å²) in [6, 6.07) is 7.16. The second-order valence-electron chi connectivity index (χ2n) is 3.79. The van der Waals surface area contributed by atoms with Crippen LogP contribution in [-0.4, -0.2) is 6.54 Å². The molecular formula is C13H12BrCl2NO. The number of rotatable bonds is 4. The number of benzene rings is 1. The van der Waals surface area contributed by atoms with Gasteiger partial charge < -0.3 is 9.73 Å². The summed E-state index contributed by atoms with van der Waals surface area (Å²) in [6.07, 6.45) is 1.64. The molecule has 1 atom stereocenters. The molecule has 1 heterocycles. The molecule has 18 heavy (non-hydrogen) atoms. The van der Waals surface area contributed by atoms with Crippen LogP contribution in [0.5, 0.6) is 0 Å². The van der Waals surface area contributed by atoms with Gasteiger partial charge in [0.2, 0.25) is 0 Å². The maximum absolute atomic E-state index is 6.24. The Morgan fingerprint density at radius 1 is 1.33 bits per heavy atom. The fourth-order valence-corrected chi connectivity index (χ4v) is 2.63. The third kappa shape index (κ3) is 2.91. The second-order valence-corrected chi connectivity index (χ2v) is 5.49. The first-order valence-corrected chi connectivity index (χ1v) is 7.09. The highest BCUT2D eigenvalue weighted by Crippen LogP contribution is 2.34. The van der Waals surface area contributed by atoms with Crippen LogP contribution in [0.1, 0.15) is 24.3 Å². The van der Waals surface area contributed by atoms with Crippen molar-refractivity contribution in [2.45, 2.75) is 13.0 Å². The van der Waals surface area contributed by atoms with Gasteiger partial charge in [-0.25, -0.2) is 0 Å². The van der Waals surface area contributed by atoms with E-state index in [1.165, 1.54) is 0 Å². The van der Waals surface area contributed by atoms with E-state index < -0.39 is 0 Å². The van der Waals surface area contributed by atoms with Crippen LogP contribution in [-0.2, 0) is 0 Å². The molecule has 0 amide bonds. The van der Waals surface area contributed by atoms with Gasteiger partial charge in [-0.1, -0.05) is 30.1 Å². The lowest BCUT2D eigenvalue weighted by atomic mass is 10.0. The second kappa shape index (κ2) is 6.11. The predicted molar refractivity (Wildman–Crippen MR) is 78.4 cm³/mol. The highest BCUT2D eigenvalue weighted by atomic mass is 79.9. The molecule has 2 rings (SSSR count). The van der Waals surface area contributed by atoms with E-state index in [1.807, 2.05) is 19.1 Å². The summed E-state index contributed by atoms with van der Waals surface area (Å²) in [5, 5.41) is 4.66. The van der Waals surface area contributed by atoms with Crippen molar-refractivity contribution in [2.75, 3.05) is 6.54 Å². The predicted octanol–water partition coefficient (Wildman–Crippen LogP) is 5.05. The van der Waals surface area contributed by atoms with Gasteiger partial charge in [0.25, 0.3) is 0 Å². The minimum absolute atomic E-state index is 0.120. The zero-order valence-electron chi connectivity index (χ0n) is 9.71. The minimum Gasteiger partial charge on any atom is -0.466 e. The Kier molecular flexibility index (Phi) is 4.73. The van der Waals surface area contributed by atoms with Gasteiger partial charge in [-0.3, -0.25) is 0 Å². The average molecular weight is 349 g/mol. The number of nitrogens with one attached hydrogen (secondary N) is 1. The first-order chi connectivity index (χ1) is 8.63. The van der Waals surface area contributed by atoms with Crippen LogP contribution in [0, 0.1) is 0 Å². The van der Waals surface area contributed by atoms with Crippen LogP contribution >= 0.6 is 39.1 Å². The summed E-state index contributed by atoms with van der Waals surface area (Å²) in [6.45, 7) is 2.82. The zero-order chi connectivity index (χ0) is 13.1. The monoisotopic (exact) mass is 347 g/mol. The lowest BCUT2D eigenvalue weighted by Crippen LogP contribution is -2.22. The molecule has 1 N–H and O–H groups in total. The van der Waals surface area contributed by atoms with E-state index in [0.717, 1.165) is 22.3 Å². The molecule has 5 heteroatoms. The van der Waals surface area contributed by atoms with E-state index in [-0.39, 0.29) is 6.04 Å². The van der Waals surface area contributed by atoms with Gasteiger partial charge in [-0.15, -0.1) is 0 Å². The van der Waals surface area contributed by atoms with E-state index in [4.69, 9.17) is 27.6 Å². The van der Waals surface area contributed by atoms with Crippen LogP contribution in [0.25, 0.3) is 0 Å². The molecule has 0 spiro atoms. The standard InChI is InChI=1S/C13H12BrCl2NO/c1-2-17-12(13-10(14)5-6-18-13)9-7-8(15)3-4-11(9)16/h3-7,12,17H,2H2,1H3. The van der Waals surface area contributed by atoms with Gasteiger partial charge in [-0.05, 0) is 52.3 Å². The number of hydrogen-bond acceptors (Lipinski definition) is 2. The Morgan fingerprint density at radius 3 is 2.72 bits per heavy atom. The SMILES string of the molecule is CCNC(c1cc(Cl)ccc1Cl)c1occc1Br. The Balaban J connectivity index is 2.48. The van der Waals surface area contributed by atoms with Crippen molar-refractivity contribution >= 4 is 39.1 Å². The highest BCUT2D eigenvalue weighted by molar-refractivity contribution is 9.10. The number of furan rings is 1. The Bertz CT molecular complexity index is 542. The molecule has 0 bridgehead atoms. The Morgan fingerprint density at radius 2 is 2.11 bits per heavy atom. The fourth-order valence-electron chi connectivity index (χ4n) is 1.80. The largest absolute Gasteiger partial charge is 0.466 e. The van der Waals surface area contributed by atoms with Crippen molar-refractivity contribution in [3.05, 3.63) is 56.4 Å². The lowest BCUT2D eigenvalue weighted by molar-refractivity contribution is 0.450. The number of hydrogen-bond donors (Lipinski definition) is 1. The molecule has 96 valence electrons. The van der Waals surface area contributed by atoms with Crippen molar-refractivity contribution < 1.29 is 4.42 Å². The molecule has 0 fully saturated rings. The Labute approximate surface area is 124 Å². The van der Waals surface area contributed by atoms with E-state index in [2.05, 4.69) is 21.2 Å². The quantitative estimate of drug-likeness (QED) is 0.836. The van der Waals surface area contributed by atoms with Crippen LogP contribution in [0.3, 0.4) is 0 Å². The third-order valence-electron chi connectivity index (χ3n) is 2.58. The van der Waals surface area contributed by atoms with Crippen LogP contribution in [0.15, 0.2) is 39.4 Å². The molecule has 0 radical (unpaired) electrons. The van der Waals surface area contributed by atoms with Crippen LogP contribution in [0.4, 0.5) is 0 Å². The summed E-state index contributed by atoms with van der Waals surface area (Å²) in [5.41, 5.74) is 0.904. The molecular weight excluding hydrogens is 337 g/mol. The van der Waals surface area contributed by atoms with E-state index in [1.54, 1.807) is 18.4 Å². The maximum Gasteiger partial charge on any atom is 0.139 e. The van der Waals surface area contributed by atoms with Crippen LogP contribution in [0.2, 0.25) is 10.0 Å². The summed E-state index contributed by atoms with van der Waals surface area (Å²) < 4.78 is 6.42. The fraction of sp³-hybridized carbons (Fsp3) is 0.231. The summed E-state index contributed by atoms with van der Waals surface area (Å²) in [4.78, 5) is 0. The maximum atomic E-state index is 6.24. The van der Waals surface area contributed by atoms with Gasteiger partial charge in [0.1, 0.15) is 5.76 Å². The van der Waals surface area contributed by atoms with E-state index in [9.17, 15) is 0 Å². The topological polar surface area (TPSA) is 25.2 Å². The van der Waals surface area contributed by atoms with E-state index in [0.29, 0.717) is 10.0 Å². The smallest absolute Gasteiger partial charge is 0.139 e. The van der Waals surface area contributed by atoms with Crippen molar-refractivity contribution in [1.82, 2.24) is 5.32 Å². The van der Waals surface area contributed by atoms with Crippen molar-refractivity contribution in [2.24, 2.45) is 0 Å².